The van der Waals surface area contributed by atoms with E-state index in [2.05, 4.69) is 0 Å². The lowest BCUT2D eigenvalue weighted by Gasteiger charge is -2.34. The summed E-state index contributed by atoms with van der Waals surface area (Å²) in [5.74, 6) is -3.86. The van der Waals surface area contributed by atoms with Crippen molar-refractivity contribution in [2.24, 2.45) is 0 Å². The highest BCUT2D eigenvalue weighted by Gasteiger charge is 2.46. The highest BCUT2D eigenvalue weighted by atomic mass is 35.5. The first-order valence-electron chi connectivity index (χ1n) is 6.92. The first-order valence-corrected chi connectivity index (χ1v) is 7.30. The minimum atomic E-state index is -2.17. The third-order valence-corrected chi connectivity index (χ3v) is 3.62. The molecule has 6 heteroatoms. The molecule has 0 bridgehead atoms. The van der Waals surface area contributed by atoms with Crippen LogP contribution in [-0.4, -0.2) is 29.3 Å². The molecular weight excluding hydrogens is 308 g/mol. The Hall–Kier alpha value is -1.85. The molecule has 2 unspecified atom stereocenters. The van der Waals surface area contributed by atoms with Crippen molar-refractivity contribution in [2.75, 3.05) is 6.61 Å². The van der Waals surface area contributed by atoms with Gasteiger partial charge in [-0.05, 0) is 30.7 Å². The molecule has 0 amide bonds. The summed E-state index contributed by atoms with van der Waals surface area (Å²) < 4.78 is 10.0. The Bertz CT molecular complexity index is 607. The van der Waals surface area contributed by atoms with E-state index in [9.17, 15) is 14.7 Å². The number of carbonyl (C=O) groups excluding carboxylic acids is 2. The molecule has 2 rings (SSSR count). The number of benzene rings is 1. The molecule has 1 heterocycles. The number of hydrogen-bond donors (Lipinski definition) is 1. The van der Waals surface area contributed by atoms with E-state index in [1.807, 2.05) is 0 Å². The highest BCUT2D eigenvalue weighted by molar-refractivity contribution is 6.30. The van der Waals surface area contributed by atoms with Crippen molar-refractivity contribution in [1.29, 1.82) is 0 Å². The van der Waals surface area contributed by atoms with Crippen molar-refractivity contribution in [1.82, 2.24) is 0 Å². The van der Waals surface area contributed by atoms with Crippen molar-refractivity contribution in [3.05, 3.63) is 46.7 Å². The summed E-state index contributed by atoms with van der Waals surface area (Å²) >= 11 is 5.86. The van der Waals surface area contributed by atoms with E-state index in [-0.39, 0.29) is 30.5 Å². The van der Waals surface area contributed by atoms with Crippen LogP contribution in [0.4, 0.5) is 0 Å². The van der Waals surface area contributed by atoms with Gasteiger partial charge in [0.15, 0.2) is 11.5 Å². The van der Waals surface area contributed by atoms with Crippen LogP contribution in [0.15, 0.2) is 36.1 Å². The normalized spacial score (nSPS) is 24.2. The first kappa shape index (κ1) is 16.5. The number of ether oxygens (including phenoxy) is 2. The maximum Gasteiger partial charge on any atom is 0.379 e. The van der Waals surface area contributed by atoms with Crippen molar-refractivity contribution in [3.63, 3.8) is 0 Å². The molecule has 5 nitrogen and oxygen atoms in total. The third kappa shape index (κ3) is 3.48. The highest BCUT2D eigenvalue weighted by Crippen LogP contribution is 2.37. The SMILES string of the molecule is CCOC(=O)C1(O)CC(c2ccc(Cl)cc2)C=C(C(C)=O)O1. The summed E-state index contributed by atoms with van der Waals surface area (Å²) in [5.41, 5.74) is 0.814. The fraction of sp³-hybridized carbons (Fsp3) is 0.375. The summed E-state index contributed by atoms with van der Waals surface area (Å²) in [5, 5.41) is 11.0. The van der Waals surface area contributed by atoms with Crippen LogP contribution >= 0.6 is 11.6 Å². The molecule has 1 aromatic rings. The Balaban J connectivity index is 2.37. The molecule has 0 saturated heterocycles. The standard InChI is InChI=1S/C16H17ClO5/c1-3-21-15(19)16(20)9-12(8-14(22-16)10(2)18)11-4-6-13(17)7-5-11/h4-8,12,20H,3,9H2,1-2H3. The Labute approximate surface area is 133 Å². The van der Waals surface area contributed by atoms with E-state index in [1.165, 1.54) is 6.92 Å². The molecule has 1 aliphatic rings. The van der Waals surface area contributed by atoms with E-state index in [4.69, 9.17) is 21.1 Å². The Morgan fingerprint density at radius 3 is 2.59 bits per heavy atom. The van der Waals surface area contributed by atoms with Crippen LogP contribution in [0.1, 0.15) is 31.7 Å². The van der Waals surface area contributed by atoms with Crippen molar-refractivity contribution >= 4 is 23.4 Å². The lowest BCUT2D eigenvalue weighted by Crippen LogP contribution is -2.46. The van der Waals surface area contributed by atoms with Crippen LogP contribution in [-0.2, 0) is 19.1 Å². The average Bonchev–Trinajstić information content (AvgIpc) is 2.47. The van der Waals surface area contributed by atoms with E-state index in [1.54, 1.807) is 37.3 Å². The zero-order valence-electron chi connectivity index (χ0n) is 12.3. The Morgan fingerprint density at radius 1 is 1.41 bits per heavy atom. The molecule has 0 saturated carbocycles. The summed E-state index contributed by atoms with van der Waals surface area (Å²) in [6, 6.07) is 6.96. The van der Waals surface area contributed by atoms with Crippen LogP contribution in [0, 0.1) is 0 Å². The molecule has 1 N–H and O–H groups in total. The fourth-order valence-electron chi connectivity index (χ4n) is 2.28. The van der Waals surface area contributed by atoms with Crippen molar-refractivity contribution in [3.8, 4) is 0 Å². The second-order valence-corrected chi connectivity index (χ2v) is 5.49. The van der Waals surface area contributed by atoms with Gasteiger partial charge < -0.3 is 14.6 Å². The van der Waals surface area contributed by atoms with Crippen LogP contribution in [0.25, 0.3) is 0 Å². The van der Waals surface area contributed by atoms with Gasteiger partial charge in [0.1, 0.15) is 0 Å². The summed E-state index contributed by atoms with van der Waals surface area (Å²) in [7, 11) is 0. The van der Waals surface area contributed by atoms with E-state index >= 15 is 0 Å². The number of aliphatic hydroxyl groups is 1. The monoisotopic (exact) mass is 324 g/mol. The van der Waals surface area contributed by atoms with Crippen LogP contribution < -0.4 is 0 Å². The molecule has 22 heavy (non-hydrogen) atoms. The van der Waals surface area contributed by atoms with Crippen LogP contribution in [0.3, 0.4) is 0 Å². The minimum absolute atomic E-state index is 0.0375. The Kier molecular flexibility index (Phi) is 4.88. The average molecular weight is 325 g/mol. The van der Waals surface area contributed by atoms with E-state index < -0.39 is 11.8 Å². The maximum absolute atomic E-state index is 12.0. The maximum atomic E-state index is 12.0. The molecule has 0 spiro atoms. The second kappa shape index (κ2) is 6.50. The van der Waals surface area contributed by atoms with Gasteiger partial charge in [0.2, 0.25) is 0 Å². The minimum Gasteiger partial charge on any atom is -0.461 e. The Morgan fingerprint density at radius 2 is 2.05 bits per heavy atom. The molecule has 0 aliphatic carbocycles. The number of Topliss-reactive ketones (excluding diaryl/α,β-unsaturated/α-hetero) is 1. The molecule has 0 aromatic heterocycles. The van der Waals surface area contributed by atoms with Gasteiger partial charge in [-0.3, -0.25) is 4.79 Å². The van der Waals surface area contributed by atoms with Gasteiger partial charge >= 0.3 is 11.8 Å². The molecule has 0 radical (unpaired) electrons. The number of carbonyl (C=O) groups is 2. The number of ketones is 1. The van der Waals surface area contributed by atoms with Gasteiger partial charge in [0, 0.05) is 24.3 Å². The predicted molar refractivity (Wildman–Crippen MR) is 80.2 cm³/mol. The summed E-state index contributed by atoms with van der Waals surface area (Å²) in [6.07, 6.45) is 1.56. The number of hydrogen-bond acceptors (Lipinski definition) is 5. The van der Waals surface area contributed by atoms with Gasteiger partial charge in [0.05, 0.1) is 6.61 Å². The van der Waals surface area contributed by atoms with Gasteiger partial charge in [-0.1, -0.05) is 23.7 Å². The van der Waals surface area contributed by atoms with Gasteiger partial charge in [0.25, 0.3) is 0 Å². The summed E-state index contributed by atoms with van der Waals surface area (Å²) in [6.45, 7) is 3.04. The van der Waals surface area contributed by atoms with Gasteiger partial charge in [-0.25, -0.2) is 4.79 Å². The first-order chi connectivity index (χ1) is 10.4. The number of rotatable bonds is 4. The molecule has 2 atom stereocenters. The quantitative estimate of drug-likeness (QED) is 0.862. The largest absolute Gasteiger partial charge is 0.461 e. The topological polar surface area (TPSA) is 72.8 Å². The second-order valence-electron chi connectivity index (χ2n) is 5.06. The number of halogens is 1. The fourth-order valence-corrected chi connectivity index (χ4v) is 2.41. The molecular formula is C16H17ClO5. The molecule has 0 fully saturated rings. The number of allylic oxidation sites excluding steroid dienone is 2. The van der Waals surface area contributed by atoms with E-state index in [0.717, 1.165) is 5.56 Å². The third-order valence-electron chi connectivity index (χ3n) is 3.37. The lowest BCUT2D eigenvalue weighted by atomic mass is 9.88. The van der Waals surface area contributed by atoms with Crippen molar-refractivity contribution in [2.45, 2.75) is 32.0 Å². The smallest absolute Gasteiger partial charge is 0.379 e. The molecule has 118 valence electrons. The molecule has 1 aromatic carbocycles. The zero-order valence-corrected chi connectivity index (χ0v) is 13.1. The number of esters is 1. The zero-order chi connectivity index (χ0) is 16.3. The molecule has 1 aliphatic heterocycles. The lowest BCUT2D eigenvalue weighted by molar-refractivity contribution is -0.221. The van der Waals surface area contributed by atoms with Crippen molar-refractivity contribution < 1.29 is 24.2 Å². The van der Waals surface area contributed by atoms with Gasteiger partial charge in [-0.15, -0.1) is 0 Å². The predicted octanol–water partition coefficient (Wildman–Crippen LogP) is 2.57. The van der Waals surface area contributed by atoms with Crippen LogP contribution in [0.2, 0.25) is 5.02 Å². The van der Waals surface area contributed by atoms with Crippen LogP contribution in [0.5, 0.6) is 0 Å². The summed E-state index contributed by atoms with van der Waals surface area (Å²) in [4.78, 5) is 23.6. The van der Waals surface area contributed by atoms with Gasteiger partial charge in [-0.2, -0.15) is 0 Å². The van der Waals surface area contributed by atoms with E-state index in [0.29, 0.717) is 5.02 Å².